The van der Waals surface area contributed by atoms with Gasteiger partial charge in [0, 0.05) is 6.61 Å². The van der Waals surface area contributed by atoms with Crippen molar-refractivity contribution in [3.8, 4) is 0 Å². The van der Waals surface area contributed by atoms with Crippen LogP contribution in [0.3, 0.4) is 0 Å². The van der Waals surface area contributed by atoms with E-state index < -0.39 is 5.97 Å². The van der Waals surface area contributed by atoms with Gasteiger partial charge in [0.1, 0.15) is 0 Å². The number of hydrogen-bond acceptors (Lipinski definition) is 2. The molecule has 1 rings (SSSR count). The van der Waals surface area contributed by atoms with E-state index in [-0.39, 0.29) is 58.0 Å². The predicted molar refractivity (Wildman–Crippen MR) is 65.2 cm³/mol. The molecule has 0 aliphatic rings. The summed E-state index contributed by atoms with van der Waals surface area (Å²) in [6.45, 7) is 0.209. The average molecular weight is 248 g/mol. The van der Waals surface area contributed by atoms with Crippen molar-refractivity contribution in [2.45, 2.75) is 25.7 Å². The third-order valence-electron chi connectivity index (χ3n) is 2.35. The van der Waals surface area contributed by atoms with Crippen molar-refractivity contribution in [2.24, 2.45) is 0 Å². The molecular formula is C12H17KO3. The monoisotopic (exact) mass is 248 g/mol. The van der Waals surface area contributed by atoms with Gasteiger partial charge in [-0.2, -0.15) is 0 Å². The maximum absolute atomic E-state index is 10.9. The van der Waals surface area contributed by atoms with Crippen LogP contribution in [-0.2, 0) is 6.42 Å². The summed E-state index contributed by atoms with van der Waals surface area (Å²) in [6.07, 6.45) is 3.41. The first-order valence-electron chi connectivity index (χ1n) is 5.17. The summed E-state index contributed by atoms with van der Waals surface area (Å²) in [4.78, 5) is 10.9. The molecule has 0 fully saturated rings. The fourth-order valence-corrected chi connectivity index (χ4v) is 1.55. The molecule has 84 valence electrons. The van der Waals surface area contributed by atoms with E-state index in [4.69, 9.17) is 10.2 Å². The number of carboxylic acid groups (broad SMARTS) is 1. The Kier molecular flexibility index (Phi) is 9.50. The summed E-state index contributed by atoms with van der Waals surface area (Å²) in [5, 5.41) is 17.5. The molecule has 1 aromatic rings. The van der Waals surface area contributed by atoms with Crippen molar-refractivity contribution in [2.75, 3.05) is 6.61 Å². The summed E-state index contributed by atoms with van der Waals surface area (Å²) in [5.74, 6) is -0.868. The summed E-state index contributed by atoms with van der Waals surface area (Å²) in [7, 11) is 0. The van der Waals surface area contributed by atoms with E-state index in [9.17, 15) is 4.79 Å². The third kappa shape index (κ3) is 5.57. The van der Waals surface area contributed by atoms with Gasteiger partial charge in [-0.05, 0) is 30.9 Å². The maximum atomic E-state index is 10.9. The van der Waals surface area contributed by atoms with Crippen molar-refractivity contribution in [3.63, 3.8) is 0 Å². The fraction of sp³-hybridized carbons (Fsp3) is 0.417. The first-order chi connectivity index (χ1) is 7.25. The van der Waals surface area contributed by atoms with E-state index >= 15 is 0 Å². The van der Waals surface area contributed by atoms with Crippen molar-refractivity contribution < 1.29 is 15.0 Å². The van der Waals surface area contributed by atoms with E-state index in [2.05, 4.69) is 0 Å². The number of aromatic carboxylic acids is 1. The number of aliphatic hydroxyl groups is 1. The Morgan fingerprint density at radius 1 is 1.12 bits per heavy atom. The molecule has 0 aliphatic heterocycles. The molecule has 2 N–H and O–H groups in total. The van der Waals surface area contributed by atoms with Crippen LogP contribution in [0.25, 0.3) is 0 Å². The number of carboxylic acids is 1. The van der Waals surface area contributed by atoms with Gasteiger partial charge >= 0.3 is 57.4 Å². The van der Waals surface area contributed by atoms with Gasteiger partial charge in [0.15, 0.2) is 0 Å². The molecule has 0 saturated carbocycles. The quantitative estimate of drug-likeness (QED) is 0.591. The average Bonchev–Trinajstić information content (AvgIpc) is 2.25. The van der Waals surface area contributed by atoms with Gasteiger partial charge in [0.25, 0.3) is 0 Å². The van der Waals surface area contributed by atoms with Crippen LogP contribution in [0.4, 0.5) is 0 Å². The first-order valence-corrected chi connectivity index (χ1v) is 5.17. The number of unbranched alkanes of at least 4 members (excludes halogenated alkanes) is 2. The van der Waals surface area contributed by atoms with Crippen LogP contribution >= 0.6 is 0 Å². The topological polar surface area (TPSA) is 57.5 Å². The van der Waals surface area contributed by atoms with Gasteiger partial charge in [-0.15, -0.1) is 0 Å². The summed E-state index contributed by atoms with van der Waals surface area (Å²) in [5.41, 5.74) is 1.27. The summed E-state index contributed by atoms with van der Waals surface area (Å²) >= 11 is 0. The predicted octanol–water partition coefficient (Wildman–Crippen LogP) is 1.44. The number of rotatable bonds is 6. The number of aryl methyl sites for hydroxylation is 1. The number of carbonyl (C=O) groups is 1. The molecule has 0 aromatic heterocycles. The minimum absolute atomic E-state index is 0. The number of hydrogen-bond donors (Lipinski definition) is 2. The van der Waals surface area contributed by atoms with E-state index in [1.165, 1.54) is 0 Å². The van der Waals surface area contributed by atoms with Crippen LogP contribution in [0.1, 0.15) is 35.2 Å². The molecule has 16 heavy (non-hydrogen) atoms. The zero-order valence-corrected chi connectivity index (χ0v) is 8.65. The van der Waals surface area contributed by atoms with Gasteiger partial charge < -0.3 is 10.2 Å². The van der Waals surface area contributed by atoms with Crippen molar-refractivity contribution >= 4 is 57.4 Å². The Balaban J connectivity index is 0.00000225. The molecule has 0 radical (unpaired) electrons. The van der Waals surface area contributed by atoms with Gasteiger partial charge in [-0.1, -0.05) is 24.6 Å². The molecule has 0 unspecified atom stereocenters. The summed E-state index contributed by atoms with van der Waals surface area (Å²) < 4.78 is 0. The van der Waals surface area contributed by atoms with Crippen molar-refractivity contribution in [1.29, 1.82) is 0 Å². The Morgan fingerprint density at radius 2 is 1.81 bits per heavy atom. The van der Waals surface area contributed by atoms with Crippen LogP contribution in [0.5, 0.6) is 0 Å². The van der Waals surface area contributed by atoms with E-state index in [0.29, 0.717) is 5.56 Å². The first kappa shape index (κ1) is 16.3. The van der Waals surface area contributed by atoms with Gasteiger partial charge in [-0.25, -0.2) is 4.79 Å². The number of benzene rings is 1. The molecule has 1 aromatic carbocycles. The van der Waals surface area contributed by atoms with Gasteiger partial charge in [0.05, 0.1) is 5.56 Å². The van der Waals surface area contributed by atoms with Crippen LogP contribution < -0.4 is 0 Å². The standard InChI is InChI=1S/C12H16O3.K.H/c13-9-5-1-2-6-10-7-3-4-8-11(10)12(14)15;;/h3-4,7-8,13H,1-2,5-6,9H2,(H,14,15);;. The molecule has 0 saturated heterocycles. The Bertz CT molecular complexity index is 326. The molecule has 0 spiro atoms. The zero-order valence-electron chi connectivity index (χ0n) is 8.65. The van der Waals surface area contributed by atoms with Gasteiger partial charge in [-0.3, -0.25) is 0 Å². The second-order valence-electron chi connectivity index (χ2n) is 3.50. The second kappa shape index (κ2) is 9.33. The second-order valence-corrected chi connectivity index (χ2v) is 3.50. The fourth-order valence-electron chi connectivity index (χ4n) is 1.55. The van der Waals surface area contributed by atoms with Crippen molar-refractivity contribution in [1.82, 2.24) is 0 Å². The van der Waals surface area contributed by atoms with E-state index in [1.54, 1.807) is 12.1 Å². The van der Waals surface area contributed by atoms with Crippen LogP contribution in [-0.4, -0.2) is 74.2 Å². The van der Waals surface area contributed by atoms with E-state index in [0.717, 1.165) is 31.2 Å². The Hall–Kier alpha value is 0.286. The molecule has 0 atom stereocenters. The van der Waals surface area contributed by atoms with Crippen LogP contribution in [0, 0.1) is 0 Å². The normalized spacial score (nSPS) is 9.56. The van der Waals surface area contributed by atoms with Crippen LogP contribution in [0.15, 0.2) is 24.3 Å². The molecule has 3 nitrogen and oxygen atoms in total. The van der Waals surface area contributed by atoms with Gasteiger partial charge in [0.2, 0.25) is 0 Å². The molecule has 0 amide bonds. The minimum atomic E-state index is -0.868. The molecule has 0 bridgehead atoms. The van der Waals surface area contributed by atoms with E-state index in [1.807, 2.05) is 12.1 Å². The molecule has 0 heterocycles. The van der Waals surface area contributed by atoms with Crippen molar-refractivity contribution in [3.05, 3.63) is 35.4 Å². The van der Waals surface area contributed by atoms with Crippen LogP contribution in [0.2, 0.25) is 0 Å². The Morgan fingerprint density at radius 3 is 2.44 bits per heavy atom. The third-order valence-corrected chi connectivity index (χ3v) is 2.35. The zero-order chi connectivity index (χ0) is 11.1. The SMILES string of the molecule is O=C(O)c1ccccc1CCCCCO.[KH]. The molecule has 0 aliphatic carbocycles. The Labute approximate surface area is 138 Å². The molecular weight excluding hydrogens is 231 g/mol. The number of aliphatic hydroxyl groups excluding tert-OH is 1. The summed E-state index contributed by atoms with van der Waals surface area (Å²) in [6, 6.07) is 7.07. The molecule has 4 heteroatoms.